The molecule has 9 nitrogen and oxygen atoms in total. The number of fused-ring (bicyclic) bond motifs is 1. The van der Waals surface area contributed by atoms with Crippen LogP contribution in [0.2, 0.25) is 5.02 Å². The van der Waals surface area contributed by atoms with Gasteiger partial charge in [0.15, 0.2) is 6.61 Å². The Bertz CT molecular complexity index is 1210. The van der Waals surface area contributed by atoms with Crippen molar-refractivity contribution in [2.45, 2.75) is 23.6 Å². The number of imide groups is 1. The summed E-state index contributed by atoms with van der Waals surface area (Å²) in [6.07, 6.45) is 0.594. The monoisotopic (exact) mass is 551 g/mol. The zero-order valence-corrected chi connectivity index (χ0v) is 20.8. The van der Waals surface area contributed by atoms with Gasteiger partial charge in [0.2, 0.25) is 11.8 Å². The van der Waals surface area contributed by atoms with E-state index in [1.807, 2.05) is 0 Å². The van der Waals surface area contributed by atoms with Crippen LogP contribution < -0.4 is 15.8 Å². The second kappa shape index (κ2) is 10.9. The third-order valence-corrected chi connectivity index (χ3v) is 7.44. The lowest BCUT2D eigenvalue weighted by Gasteiger charge is -2.28. The van der Waals surface area contributed by atoms with Crippen LogP contribution >= 0.6 is 34.8 Å². The first-order chi connectivity index (χ1) is 17.2. The zero-order chi connectivity index (χ0) is 26.0. The average molecular weight is 553 g/mol. The van der Waals surface area contributed by atoms with Gasteiger partial charge in [0.1, 0.15) is 0 Å². The molecular weight excluding hydrogens is 533 g/mol. The number of rotatable bonds is 5. The Balaban J connectivity index is 1.35. The highest BCUT2D eigenvalue weighted by Gasteiger charge is 2.52. The van der Waals surface area contributed by atoms with E-state index in [1.54, 1.807) is 12.1 Å². The lowest BCUT2D eigenvalue weighted by Crippen LogP contribution is -2.43. The molecule has 0 radical (unpaired) electrons. The maximum atomic E-state index is 12.9. The Hall–Kier alpha value is -3.14. The Morgan fingerprint density at radius 1 is 0.917 bits per heavy atom. The lowest BCUT2D eigenvalue weighted by atomic mass is 9.80. The first-order valence-corrected chi connectivity index (χ1v) is 12.2. The Morgan fingerprint density at radius 3 is 2.19 bits per heavy atom. The molecule has 2 aromatic carbocycles. The third-order valence-electron chi connectivity index (χ3n) is 6.02. The van der Waals surface area contributed by atoms with Gasteiger partial charge in [-0.3, -0.25) is 34.9 Å². The summed E-state index contributed by atoms with van der Waals surface area (Å²) in [7, 11) is 0. The molecule has 2 aromatic rings. The van der Waals surface area contributed by atoms with Crippen molar-refractivity contribution in [2.24, 2.45) is 11.8 Å². The second-order valence-corrected chi connectivity index (χ2v) is 9.87. The summed E-state index contributed by atoms with van der Waals surface area (Å²) in [5.74, 6) is -4.19. The number of hydrazine groups is 1. The van der Waals surface area contributed by atoms with E-state index in [2.05, 4.69) is 10.9 Å². The molecule has 36 heavy (non-hydrogen) atoms. The summed E-state index contributed by atoms with van der Waals surface area (Å²) in [6, 6.07) is 12.0. The minimum absolute atomic E-state index is 0.0290. The highest BCUT2D eigenvalue weighted by Crippen LogP contribution is 2.43. The number of hydrogen-bond donors (Lipinski definition) is 2. The van der Waals surface area contributed by atoms with Crippen LogP contribution in [0, 0.1) is 11.8 Å². The minimum atomic E-state index is -0.859. The second-order valence-electron chi connectivity index (χ2n) is 8.34. The number of nitrogens with one attached hydrogen (secondary N) is 2. The van der Waals surface area contributed by atoms with E-state index in [0.29, 0.717) is 12.8 Å². The van der Waals surface area contributed by atoms with Gasteiger partial charge in [-0.05, 0) is 43.2 Å². The molecule has 4 amide bonds. The number of alkyl halides is 2. The van der Waals surface area contributed by atoms with Crippen LogP contribution in [0.15, 0.2) is 48.5 Å². The first-order valence-electron chi connectivity index (χ1n) is 10.9. The highest BCUT2D eigenvalue weighted by atomic mass is 35.5. The number of nitrogens with zero attached hydrogens (tertiary/aromatic N) is 1. The first kappa shape index (κ1) is 25.9. The molecule has 1 heterocycles. The predicted molar refractivity (Wildman–Crippen MR) is 132 cm³/mol. The summed E-state index contributed by atoms with van der Waals surface area (Å²) in [4.78, 5) is 63.5. The van der Waals surface area contributed by atoms with E-state index in [0.717, 1.165) is 4.90 Å². The van der Waals surface area contributed by atoms with Crippen LogP contribution in [-0.4, -0.2) is 47.0 Å². The van der Waals surface area contributed by atoms with Gasteiger partial charge in [-0.2, -0.15) is 0 Å². The number of carbonyl (C=O) groups excluding carboxylic acids is 5. The quantitative estimate of drug-likeness (QED) is 0.254. The van der Waals surface area contributed by atoms with Crippen LogP contribution in [0.1, 0.15) is 33.6 Å². The molecule has 0 unspecified atom stereocenters. The molecule has 12 heteroatoms. The third kappa shape index (κ3) is 5.33. The fraction of sp³-hybridized carbons (Fsp3) is 0.292. The van der Waals surface area contributed by atoms with Gasteiger partial charge in [0.25, 0.3) is 11.8 Å². The number of benzene rings is 2. The fourth-order valence-corrected chi connectivity index (χ4v) is 5.02. The SMILES string of the molecule is O=C(COC(=O)c1cccc(N2C(=O)[C@H]3C[C@@H](Cl)[C@@H](Cl)C[C@H]3C2=O)c1)NNC(=O)c1ccccc1Cl. The fourth-order valence-electron chi connectivity index (χ4n) is 4.21. The van der Waals surface area contributed by atoms with E-state index in [9.17, 15) is 24.0 Å². The Labute approximate surface area is 221 Å². The summed E-state index contributed by atoms with van der Waals surface area (Å²) in [5.41, 5.74) is 4.69. The van der Waals surface area contributed by atoms with Crippen LogP contribution in [0.25, 0.3) is 0 Å². The maximum absolute atomic E-state index is 12.9. The highest BCUT2D eigenvalue weighted by molar-refractivity contribution is 6.34. The molecule has 1 saturated carbocycles. The molecule has 0 spiro atoms. The minimum Gasteiger partial charge on any atom is -0.452 e. The van der Waals surface area contributed by atoms with Gasteiger partial charge < -0.3 is 4.74 Å². The van der Waals surface area contributed by atoms with Gasteiger partial charge in [-0.25, -0.2) is 4.79 Å². The molecule has 4 rings (SSSR count). The van der Waals surface area contributed by atoms with Crippen LogP contribution in [-0.2, 0) is 19.1 Å². The largest absolute Gasteiger partial charge is 0.452 e. The summed E-state index contributed by atoms with van der Waals surface area (Å²) < 4.78 is 4.99. The van der Waals surface area contributed by atoms with Crippen molar-refractivity contribution in [1.82, 2.24) is 10.9 Å². The maximum Gasteiger partial charge on any atom is 0.338 e. The number of amides is 4. The van der Waals surface area contributed by atoms with Crippen molar-refractivity contribution in [3.63, 3.8) is 0 Å². The molecule has 188 valence electrons. The smallest absolute Gasteiger partial charge is 0.338 e. The normalized spacial score (nSPS) is 23.1. The zero-order valence-electron chi connectivity index (χ0n) is 18.6. The van der Waals surface area contributed by atoms with Crippen molar-refractivity contribution < 1.29 is 28.7 Å². The van der Waals surface area contributed by atoms with Crippen LogP contribution in [0.4, 0.5) is 5.69 Å². The molecule has 2 N–H and O–H groups in total. The molecule has 0 bridgehead atoms. The van der Waals surface area contributed by atoms with E-state index >= 15 is 0 Å². The summed E-state index contributed by atoms with van der Waals surface area (Å²) in [5, 5.41) is -0.618. The molecule has 2 fully saturated rings. The number of halogens is 3. The molecule has 1 aliphatic carbocycles. The number of anilines is 1. The van der Waals surface area contributed by atoms with Crippen molar-refractivity contribution in [2.75, 3.05) is 11.5 Å². The number of hydrogen-bond acceptors (Lipinski definition) is 6. The topological polar surface area (TPSA) is 122 Å². The van der Waals surface area contributed by atoms with Crippen LogP contribution in [0.3, 0.4) is 0 Å². The van der Waals surface area contributed by atoms with E-state index in [4.69, 9.17) is 39.5 Å². The Kier molecular flexibility index (Phi) is 7.82. The number of esters is 1. The molecule has 4 atom stereocenters. The summed E-state index contributed by atoms with van der Waals surface area (Å²) >= 11 is 18.3. The Morgan fingerprint density at radius 2 is 1.56 bits per heavy atom. The van der Waals surface area contributed by atoms with Gasteiger partial charge in [0, 0.05) is 0 Å². The molecule has 1 saturated heterocycles. The lowest BCUT2D eigenvalue weighted by molar-refractivity contribution is -0.125. The van der Waals surface area contributed by atoms with E-state index < -0.39 is 58.8 Å². The van der Waals surface area contributed by atoms with Crippen molar-refractivity contribution in [3.8, 4) is 0 Å². The van der Waals surface area contributed by atoms with Gasteiger partial charge in [0.05, 0.1) is 44.4 Å². The van der Waals surface area contributed by atoms with Gasteiger partial charge >= 0.3 is 5.97 Å². The van der Waals surface area contributed by atoms with Crippen molar-refractivity contribution >= 4 is 70.1 Å². The van der Waals surface area contributed by atoms with Crippen LogP contribution in [0.5, 0.6) is 0 Å². The summed E-state index contributed by atoms with van der Waals surface area (Å²) in [6.45, 7) is -0.689. The predicted octanol–water partition coefficient (Wildman–Crippen LogP) is 3.07. The van der Waals surface area contributed by atoms with Gasteiger partial charge in [-0.1, -0.05) is 29.8 Å². The van der Waals surface area contributed by atoms with Crippen molar-refractivity contribution in [1.29, 1.82) is 0 Å². The van der Waals surface area contributed by atoms with E-state index in [1.165, 1.54) is 36.4 Å². The molecular formula is C24H20Cl3N3O6. The molecule has 1 aliphatic heterocycles. The number of carbonyl (C=O) groups is 5. The standard InChI is InChI=1S/C24H20Cl3N3O6/c25-17-7-2-1-6-14(17)21(32)29-28-20(31)11-36-24(35)12-4-3-5-13(8-12)30-22(33)15-9-18(26)19(27)10-16(15)23(30)34/h1-8,15-16,18-19H,9-11H2,(H,28,31)(H,29,32)/t15-,16+,18+,19-. The molecule has 0 aromatic heterocycles. The van der Waals surface area contributed by atoms with Gasteiger partial charge in [-0.15, -0.1) is 23.2 Å². The number of ether oxygens (including phenoxy) is 1. The van der Waals surface area contributed by atoms with E-state index in [-0.39, 0.29) is 21.8 Å². The van der Waals surface area contributed by atoms with Crippen molar-refractivity contribution in [3.05, 3.63) is 64.7 Å². The average Bonchev–Trinajstić information content (AvgIpc) is 3.10. The molecule has 2 aliphatic rings.